The highest BCUT2D eigenvalue weighted by Crippen LogP contribution is 2.31. The van der Waals surface area contributed by atoms with Crippen LogP contribution in [0.15, 0.2) is 67.9 Å². The van der Waals surface area contributed by atoms with Crippen molar-refractivity contribution < 1.29 is 14.3 Å². The first-order chi connectivity index (χ1) is 17.5. The van der Waals surface area contributed by atoms with E-state index in [4.69, 9.17) is 9.47 Å². The maximum Gasteiger partial charge on any atom is 0.246 e. The van der Waals surface area contributed by atoms with Gasteiger partial charge in [-0.15, -0.1) is 0 Å². The minimum Gasteiger partial charge on any atom is -0.486 e. The van der Waals surface area contributed by atoms with Crippen molar-refractivity contribution in [2.24, 2.45) is 7.05 Å². The molecule has 5 rings (SSSR count). The Morgan fingerprint density at radius 1 is 1.22 bits per heavy atom. The van der Waals surface area contributed by atoms with Crippen molar-refractivity contribution in [1.82, 2.24) is 24.4 Å². The van der Waals surface area contributed by atoms with Gasteiger partial charge in [0.05, 0.1) is 29.6 Å². The summed E-state index contributed by atoms with van der Waals surface area (Å²) in [6, 6.07) is 11.7. The topological polar surface area (TPSA) is 94.4 Å². The number of imidazole rings is 1. The van der Waals surface area contributed by atoms with Gasteiger partial charge in [-0.2, -0.15) is 0 Å². The van der Waals surface area contributed by atoms with Gasteiger partial charge in [0, 0.05) is 25.3 Å². The number of benzene rings is 2. The molecule has 1 unspecified atom stereocenters. The number of carbonyl (C=O) groups is 1. The highest BCUT2D eigenvalue weighted by atomic mass is 16.5. The highest BCUT2D eigenvalue weighted by molar-refractivity contribution is 5.87. The summed E-state index contributed by atoms with van der Waals surface area (Å²) in [6.07, 6.45) is 8.08. The number of nitrogens with one attached hydrogen (secondary N) is 1. The lowest BCUT2D eigenvalue weighted by molar-refractivity contribution is -0.127. The maximum absolute atomic E-state index is 12.1. The van der Waals surface area contributed by atoms with Gasteiger partial charge in [0.1, 0.15) is 24.4 Å². The fourth-order valence-corrected chi connectivity index (χ4v) is 4.40. The number of amides is 1. The van der Waals surface area contributed by atoms with E-state index in [0.29, 0.717) is 18.2 Å². The second kappa shape index (κ2) is 10.1. The lowest BCUT2D eigenvalue weighted by Crippen LogP contribution is -2.38. The molecule has 4 aromatic rings. The SMILES string of the molecule is C=CC(=O)N1CCCC1COc1cncnc1Nc1ccc(Oc2ccc3c(c2)ncn3C)c(C)c1. The van der Waals surface area contributed by atoms with Gasteiger partial charge in [0.2, 0.25) is 5.91 Å². The average Bonchev–Trinajstić information content (AvgIpc) is 3.51. The number of ether oxygens (including phenoxy) is 2. The van der Waals surface area contributed by atoms with Crippen LogP contribution in [0.25, 0.3) is 11.0 Å². The fraction of sp³-hybridized carbons (Fsp3) is 0.259. The molecule has 1 atom stereocenters. The van der Waals surface area contributed by atoms with Crippen LogP contribution in [0, 0.1) is 6.92 Å². The second-order valence-electron chi connectivity index (χ2n) is 8.79. The van der Waals surface area contributed by atoms with Gasteiger partial charge in [0.15, 0.2) is 11.6 Å². The van der Waals surface area contributed by atoms with Gasteiger partial charge in [-0.3, -0.25) is 4.79 Å². The number of rotatable bonds is 8. The van der Waals surface area contributed by atoms with Crippen LogP contribution >= 0.6 is 0 Å². The van der Waals surface area contributed by atoms with Crippen molar-refractivity contribution in [1.29, 1.82) is 0 Å². The molecular weight excluding hydrogens is 456 g/mol. The van der Waals surface area contributed by atoms with Gasteiger partial charge in [0.25, 0.3) is 0 Å². The quantitative estimate of drug-likeness (QED) is 0.360. The first kappa shape index (κ1) is 23.3. The zero-order valence-electron chi connectivity index (χ0n) is 20.3. The molecule has 0 radical (unpaired) electrons. The second-order valence-corrected chi connectivity index (χ2v) is 8.79. The molecule has 9 nitrogen and oxygen atoms in total. The molecule has 184 valence electrons. The number of aromatic nitrogens is 4. The predicted molar refractivity (Wildman–Crippen MR) is 138 cm³/mol. The molecule has 36 heavy (non-hydrogen) atoms. The van der Waals surface area contributed by atoms with Crippen molar-refractivity contribution in [2.45, 2.75) is 25.8 Å². The van der Waals surface area contributed by atoms with E-state index < -0.39 is 0 Å². The largest absolute Gasteiger partial charge is 0.486 e. The van der Waals surface area contributed by atoms with Crippen LogP contribution in [0.1, 0.15) is 18.4 Å². The van der Waals surface area contributed by atoms with E-state index in [-0.39, 0.29) is 11.9 Å². The van der Waals surface area contributed by atoms with Gasteiger partial charge >= 0.3 is 0 Å². The number of anilines is 2. The monoisotopic (exact) mass is 484 g/mol. The van der Waals surface area contributed by atoms with Crippen molar-refractivity contribution in [3.63, 3.8) is 0 Å². The minimum absolute atomic E-state index is 0.00698. The Bertz CT molecular complexity index is 1420. The van der Waals surface area contributed by atoms with Gasteiger partial charge < -0.3 is 24.3 Å². The van der Waals surface area contributed by atoms with Crippen LogP contribution < -0.4 is 14.8 Å². The number of hydrogen-bond acceptors (Lipinski definition) is 7. The lowest BCUT2D eigenvalue weighted by atomic mass is 10.2. The first-order valence-electron chi connectivity index (χ1n) is 11.8. The number of nitrogens with zero attached hydrogens (tertiary/aromatic N) is 5. The highest BCUT2D eigenvalue weighted by Gasteiger charge is 2.28. The molecule has 0 aliphatic carbocycles. The molecule has 2 aromatic heterocycles. The molecule has 2 aromatic carbocycles. The van der Waals surface area contributed by atoms with Crippen molar-refractivity contribution in [2.75, 3.05) is 18.5 Å². The van der Waals surface area contributed by atoms with E-state index >= 15 is 0 Å². The zero-order valence-corrected chi connectivity index (χ0v) is 20.3. The molecule has 1 fully saturated rings. The molecule has 1 N–H and O–H groups in total. The predicted octanol–water partition coefficient (Wildman–Crippen LogP) is 4.76. The average molecular weight is 485 g/mol. The first-order valence-corrected chi connectivity index (χ1v) is 11.8. The fourth-order valence-electron chi connectivity index (χ4n) is 4.40. The van der Waals surface area contributed by atoms with Crippen LogP contribution in [-0.2, 0) is 11.8 Å². The molecule has 1 aliphatic rings. The Morgan fingerprint density at radius 3 is 2.94 bits per heavy atom. The van der Waals surface area contributed by atoms with Crippen LogP contribution in [0.4, 0.5) is 11.5 Å². The van der Waals surface area contributed by atoms with Crippen LogP contribution in [-0.4, -0.2) is 49.5 Å². The zero-order chi connectivity index (χ0) is 25.1. The Hall–Kier alpha value is -4.40. The number of aryl methyl sites for hydroxylation is 2. The molecule has 0 bridgehead atoms. The van der Waals surface area contributed by atoms with Crippen molar-refractivity contribution in [3.05, 3.63) is 73.5 Å². The molecule has 9 heteroatoms. The molecule has 3 heterocycles. The third-order valence-electron chi connectivity index (χ3n) is 6.31. The van der Waals surface area contributed by atoms with E-state index in [0.717, 1.165) is 53.2 Å². The normalized spacial score (nSPS) is 15.2. The third-order valence-corrected chi connectivity index (χ3v) is 6.31. The third kappa shape index (κ3) is 4.86. The number of likely N-dealkylation sites (tertiary alicyclic amines) is 1. The molecule has 0 spiro atoms. The molecule has 1 aliphatic heterocycles. The standard InChI is InChI=1S/C27H28N6O3/c1-4-26(34)33-11-5-6-20(33)15-35-25-14-28-16-29-27(25)31-19-7-10-24(18(2)12-19)36-21-8-9-23-22(13-21)30-17-32(23)3/h4,7-10,12-14,16-17,20H,1,5-6,11,15H2,2-3H3,(H,28,29,31). The summed E-state index contributed by atoms with van der Waals surface area (Å²) in [5.74, 6) is 2.49. The van der Waals surface area contributed by atoms with E-state index in [2.05, 4.69) is 26.8 Å². The van der Waals surface area contributed by atoms with Gasteiger partial charge in [-0.1, -0.05) is 6.58 Å². The molecular formula is C27H28N6O3. The van der Waals surface area contributed by atoms with E-state index in [1.54, 1.807) is 17.4 Å². The number of carbonyl (C=O) groups excluding carboxylic acids is 1. The van der Waals surface area contributed by atoms with E-state index in [1.165, 1.54) is 12.4 Å². The molecule has 1 amide bonds. The van der Waals surface area contributed by atoms with Crippen molar-refractivity contribution >= 4 is 28.4 Å². The van der Waals surface area contributed by atoms with E-state index in [1.807, 2.05) is 54.9 Å². The minimum atomic E-state index is -0.0681. The van der Waals surface area contributed by atoms with Gasteiger partial charge in [-0.25, -0.2) is 15.0 Å². The van der Waals surface area contributed by atoms with E-state index in [9.17, 15) is 4.79 Å². The lowest BCUT2D eigenvalue weighted by Gasteiger charge is -2.23. The number of fused-ring (bicyclic) bond motifs is 1. The Balaban J connectivity index is 1.27. The summed E-state index contributed by atoms with van der Waals surface area (Å²) in [6.45, 7) is 6.67. The molecule has 0 saturated carbocycles. The molecule has 1 saturated heterocycles. The Kier molecular flexibility index (Phi) is 6.53. The van der Waals surface area contributed by atoms with Gasteiger partial charge in [-0.05, 0) is 61.7 Å². The van der Waals surface area contributed by atoms with Crippen LogP contribution in [0.5, 0.6) is 17.2 Å². The van der Waals surface area contributed by atoms with Crippen LogP contribution in [0.2, 0.25) is 0 Å². The summed E-state index contributed by atoms with van der Waals surface area (Å²) in [7, 11) is 1.97. The Morgan fingerprint density at radius 2 is 2.11 bits per heavy atom. The maximum atomic E-state index is 12.1. The van der Waals surface area contributed by atoms with Crippen molar-refractivity contribution in [3.8, 4) is 17.2 Å². The summed E-state index contributed by atoms with van der Waals surface area (Å²) in [4.78, 5) is 26.7. The van der Waals surface area contributed by atoms with Crippen LogP contribution in [0.3, 0.4) is 0 Å². The smallest absolute Gasteiger partial charge is 0.246 e. The summed E-state index contributed by atoms with van der Waals surface area (Å²) in [5, 5.41) is 3.31. The summed E-state index contributed by atoms with van der Waals surface area (Å²) in [5.41, 5.74) is 3.74. The summed E-state index contributed by atoms with van der Waals surface area (Å²) < 4.78 is 14.1. The summed E-state index contributed by atoms with van der Waals surface area (Å²) >= 11 is 0. The number of hydrogen-bond donors (Lipinski definition) is 1. The Labute approximate surface area is 209 Å².